The molecule has 0 amide bonds. The molecule has 1 unspecified atom stereocenters. The van der Waals surface area contributed by atoms with Crippen LogP contribution in [0.3, 0.4) is 0 Å². The van der Waals surface area contributed by atoms with E-state index in [4.69, 9.17) is 0 Å². The summed E-state index contributed by atoms with van der Waals surface area (Å²) in [5, 5.41) is 6.10. The van der Waals surface area contributed by atoms with Crippen molar-refractivity contribution in [1.82, 2.24) is 15.3 Å². The average molecular weight is 317 g/mol. The highest BCUT2D eigenvalue weighted by Gasteiger charge is 2.31. The second-order valence-corrected chi connectivity index (χ2v) is 5.69. The Hall–Kier alpha value is -2.08. The van der Waals surface area contributed by atoms with Gasteiger partial charge in [-0.25, -0.2) is 14.4 Å². The van der Waals surface area contributed by atoms with E-state index in [2.05, 4.69) is 32.2 Å². The zero-order chi connectivity index (χ0) is 16.7. The number of halogens is 1. The van der Waals surface area contributed by atoms with E-state index in [9.17, 15) is 4.39 Å². The second-order valence-electron chi connectivity index (χ2n) is 5.69. The van der Waals surface area contributed by atoms with Gasteiger partial charge in [0.1, 0.15) is 5.67 Å². The molecule has 1 fully saturated rings. The van der Waals surface area contributed by atoms with Crippen LogP contribution in [0, 0.1) is 0 Å². The molecule has 1 saturated heterocycles. The van der Waals surface area contributed by atoms with Crippen LogP contribution in [0.1, 0.15) is 31.0 Å². The predicted octanol–water partition coefficient (Wildman–Crippen LogP) is 2.62. The largest absolute Gasteiger partial charge is 0.351 e. The lowest BCUT2D eigenvalue weighted by Crippen LogP contribution is -2.46. The third-order valence-electron chi connectivity index (χ3n) is 3.74. The van der Waals surface area contributed by atoms with Crippen LogP contribution in [0.15, 0.2) is 29.9 Å². The molecule has 0 aromatic carbocycles. The number of allylic oxidation sites excluding steroid dienone is 3. The molecule has 23 heavy (non-hydrogen) atoms. The van der Waals surface area contributed by atoms with Gasteiger partial charge in [0, 0.05) is 31.6 Å². The molecule has 2 rings (SSSR count). The van der Waals surface area contributed by atoms with Gasteiger partial charge in [0.2, 0.25) is 5.95 Å². The number of alkyl halides is 1. The minimum absolute atomic E-state index is 0.191. The maximum Gasteiger partial charge on any atom is 0.223 e. The third kappa shape index (κ3) is 4.69. The van der Waals surface area contributed by atoms with Crippen molar-refractivity contribution in [2.45, 2.75) is 25.4 Å². The molecule has 124 valence electrons. The second kappa shape index (κ2) is 7.97. The number of rotatable bonds is 6. The molecule has 0 aliphatic carbocycles. The lowest BCUT2D eigenvalue weighted by molar-refractivity contribution is 0.137. The van der Waals surface area contributed by atoms with Gasteiger partial charge >= 0.3 is 0 Å². The van der Waals surface area contributed by atoms with E-state index >= 15 is 0 Å². The number of hydrogen-bond donors (Lipinski definition) is 2. The van der Waals surface area contributed by atoms with E-state index in [1.807, 2.05) is 19.1 Å². The van der Waals surface area contributed by atoms with Crippen molar-refractivity contribution in [1.29, 1.82) is 0 Å². The van der Waals surface area contributed by atoms with Gasteiger partial charge < -0.3 is 10.6 Å². The van der Waals surface area contributed by atoms with Gasteiger partial charge in [0.15, 0.2) is 0 Å². The summed E-state index contributed by atoms with van der Waals surface area (Å²) >= 11 is 0. The average Bonchev–Trinajstić information content (AvgIpc) is 2.55. The van der Waals surface area contributed by atoms with Crippen LogP contribution < -0.4 is 10.6 Å². The number of aromatic nitrogens is 2. The van der Waals surface area contributed by atoms with Crippen molar-refractivity contribution in [2.75, 3.05) is 32.0 Å². The summed E-state index contributed by atoms with van der Waals surface area (Å²) in [5.74, 6) is 0.404. The molecular formula is C17H24FN5. The Morgan fingerprint density at radius 2 is 2.43 bits per heavy atom. The van der Waals surface area contributed by atoms with Crippen LogP contribution >= 0.6 is 0 Å². The molecule has 0 radical (unpaired) electrons. The van der Waals surface area contributed by atoms with Crippen molar-refractivity contribution in [2.24, 2.45) is 4.99 Å². The van der Waals surface area contributed by atoms with Crippen molar-refractivity contribution < 1.29 is 4.39 Å². The third-order valence-corrected chi connectivity index (χ3v) is 3.74. The topological polar surface area (TPSA) is 62.2 Å². The molecule has 0 spiro atoms. The normalized spacial score (nSPS) is 21.9. The van der Waals surface area contributed by atoms with Gasteiger partial charge in [-0.3, -0.25) is 4.99 Å². The highest BCUT2D eigenvalue weighted by Crippen LogP contribution is 2.22. The number of piperidine rings is 1. The molecule has 5 nitrogen and oxygen atoms in total. The first-order valence-electron chi connectivity index (χ1n) is 7.82. The van der Waals surface area contributed by atoms with E-state index < -0.39 is 5.67 Å². The molecule has 0 bridgehead atoms. The first kappa shape index (κ1) is 17.3. The standard InChI is InChI=1S/C17H24FN5/c1-4-6-13(2)15-14(9-19-3)10-21-16(23-15)22-12-17(18)7-5-8-20-11-17/h4,6,9-10,20H,2,5,7-8,11-12H2,1,3H3,(H,21,22,23)/b6-4+,19-9?. The smallest absolute Gasteiger partial charge is 0.223 e. The molecule has 1 aliphatic rings. The molecule has 2 N–H and O–H groups in total. The first-order valence-corrected chi connectivity index (χ1v) is 7.82. The van der Waals surface area contributed by atoms with Crippen LogP contribution in [0.2, 0.25) is 0 Å². The van der Waals surface area contributed by atoms with Crippen LogP contribution in [0.4, 0.5) is 10.3 Å². The Balaban J connectivity index is 2.16. The highest BCUT2D eigenvalue weighted by molar-refractivity contribution is 5.88. The molecule has 1 aromatic heterocycles. The molecule has 0 saturated carbocycles. The summed E-state index contributed by atoms with van der Waals surface area (Å²) in [7, 11) is 1.69. The van der Waals surface area contributed by atoms with Gasteiger partial charge in [-0.05, 0) is 31.9 Å². The quantitative estimate of drug-likeness (QED) is 0.625. The van der Waals surface area contributed by atoms with Gasteiger partial charge in [-0.15, -0.1) is 0 Å². The maximum absolute atomic E-state index is 14.6. The molecule has 6 heteroatoms. The van der Waals surface area contributed by atoms with Crippen LogP contribution in [-0.2, 0) is 0 Å². The van der Waals surface area contributed by atoms with E-state index in [0.717, 1.165) is 24.1 Å². The summed E-state index contributed by atoms with van der Waals surface area (Å²) in [5.41, 5.74) is 0.990. The lowest BCUT2D eigenvalue weighted by atomic mass is 9.96. The zero-order valence-electron chi connectivity index (χ0n) is 13.8. The Bertz CT molecular complexity index is 603. The van der Waals surface area contributed by atoms with Crippen molar-refractivity contribution in [3.05, 3.63) is 36.2 Å². The predicted molar refractivity (Wildman–Crippen MR) is 93.8 cm³/mol. The number of anilines is 1. The van der Waals surface area contributed by atoms with Crippen molar-refractivity contribution in [3.63, 3.8) is 0 Å². The van der Waals surface area contributed by atoms with Crippen LogP contribution in [-0.4, -0.2) is 48.5 Å². The fourth-order valence-corrected chi connectivity index (χ4v) is 2.57. The molecule has 1 aliphatic heterocycles. The molecule has 2 heterocycles. The fraction of sp³-hybridized carbons (Fsp3) is 0.471. The van der Waals surface area contributed by atoms with Crippen LogP contribution in [0.25, 0.3) is 5.57 Å². The minimum atomic E-state index is -1.26. The Labute approximate surface area is 136 Å². The number of aliphatic imine (C=N–C) groups is 1. The number of hydrogen-bond acceptors (Lipinski definition) is 5. The van der Waals surface area contributed by atoms with Gasteiger partial charge in [-0.1, -0.05) is 18.7 Å². The highest BCUT2D eigenvalue weighted by atomic mass is 19.1. The first-order chi connectivity index (χ1) is 11.1. The van der Waals surface area contributed by atoms with Crippen LogP contribution in [0.5, 0.6) is 0 Å². The summed E-state index contributed by atoms with van der Waals surface area (Å²) in [6.07, 6.45) is 8.53. The summed E-state index contributed by atoms with van der Waals surface area (Å²) in [4.78, 5) is 12.7. The Morgan fingerprint density at radius 1 is 1.61 bits per heavy atom. The van der Waals surface area contributed by atoms with E-state index in [-0.39, 0.29) is 6.54 Å². The van der Waals surface area contributed by atoms with Crippen molar-refractivity contribution >= 4 is 17.7 Å². The van der Waals surface area contributed by atoms with Gasteiger partial charge in [0.05, 0.1) is 12.2 Å². The fourth-order valence-electron chi connectivity index (χ4n) is 2.57. The molecule has 1 aromatic rings. The summed E-state index contributed by atoms with van der Waals surface area (Å²) in [6, 6.07) is 0. The maximum atomic E-state index is 14.6. The van der Waals surface area contributed by atoms with Gasteiger partial charge in [-0.2, -0.15) is 0 Å². The number of nitrogens with zero attached hydrogens (tertiary/aromatic N) is 3. The zero-order valence-corrected chi connectivity index (χ0v) is 13.8. The number of nitrogens with one attached hydrogen (secondary N) is 2. The minimum Gasteiger partial charge on any atom is -0.351 e. The van der Waals surface area contributed by atoms with E-state index in [1.165, 1.54) is 0 Å². The monoisotopic (exact) mass is 317 g/mol. The SMILES string of the molecule is C=C(/C=C/C)c1nc(NCC2(F)CCCNC2)ncc1C=NC. The lowest BCUT2D eigenvalue weighted by Gasteiger charge is -2.30. The van der Waals surface area contributed by atoms with E-state index in [0.29, 0.717) is 24.6 Å². The van der Waals surface area contributed by atoms with Gasteiger partial charge in [0.25, 0.3) is 0 Å². The molecular weight excluding hydrogens is 293 g/mol. The molecule has 1 atom stereocenters. The summed E-state index contributed by atoms with van der Waals surface area (Å²) < 4.78 is 14.6. The Kier molecular flexibility index (Phi) is 5.98. The van der Waals surface area contributed by atoms with Crippen molar-refractivity contribution in [3.8, 4) is 0 Å². The summed E-state index contributed by atoms with van der Waals surface area (Å²) in [6.45, 7) is 7.36. The van der Waals surface area contributed by atoms with E-state index in [1.54, 1.807) is 19.5 Å². The Morgan fingerprint density at radius 3 is 3.09 bits per heavy atom.